The van der Waals surface area contributed by atoms with Crippen molar-refractivity contribution < 1.29 is 18.9 Å². The molecule has 2 rings (SSSR count). The van der Waals surface area contributed by atoms with Crippen LogP contribution in [0.5, 0.6) is 23.0 Å². The molecule has 0 bridgehead atoms. The van der Waals surface area contributed by atoms with Gasteiger partial charge < -0.3 is 29.2 Å². The zero-order valence-corrected chi connectivity index (χ0v) is 21.1. The molecular formula is C27H42N2O4. The molecule has 0 amide bonds. The Morgan fingerprint density at radius 3 is 2.21 bits per heavy atom. The van der Waals surface area contributed by atoms with Gasteiger partial charge in [0.15, 0.2) is 23.0 Å². The monoisotopic (exact) mass is 458 g/mol. The second-order valence-electron chi connectivity index (χ2n) is 8.35. The van der Waals surface area contributed by atoms with Crippen LogP contribution in [0.4, 0.5) is 5.69 Å². The standard InChI is InChI=1S/C27H42N2O4/c1-6-8-9-10-11-17-32-25-14-12-22(19-27(25)31-7-2)21-28-23-13-15-24(26(20-23)30-5)33-18-16-29(3)4/h12-15,19-20,28H,6-11,16-18,21H2,1-5H3. The first-order valence-corrected chi connectivity index (χ1v) is 12.1. The van der Waals surface area contributed by atoms with Gasteiger partial charge in [0.2, 0.25) is 0 Å². The highest BCUT2D eigenvalue weighted by atomic mass is 16.5. The molecule has 0 fully saturated rings. The van der Waals surface area contributed by atoms with Gasteiger partial charge in [0.05, 0.1) is 20.3 Å². The van der Waals surface area contributed by atoms with Crippen LogP contribution < -0.4 is 24.3 Å². The molecule has 0 aliphatic rings. The van der Waals surface area contributed by atoms with Crippen LogP contribution in [0.1, 0.15) is 51.5 Å². The van der Waals surface area contributed by atoms with E-state index < -0.39 is 0 Å². The zero-order chi connectivity index (χ0) is 23.9. The molecule has 0 saturated heterocycles. The van der Waals surface area contributed by atoms with Gasteiger partial charge in [0.25, 0.3) is 0 Å². The molecule has 33 heavy (non-hydrogen) atoms. The Morgan fingerprint density at radius 2 is 1.48 bits per heavy atom. The van der Waals surface area contributed by atoms with Crippen LogP contribution in [0.3, 0.4) is 0 Å². The third-order valence-corrected chi connectivity index (χ3v) is 5.27. The summed E-state index contributed by atoms with van der Waals surface area (Å²) in [7, 11) is 5.71. The number of unbranched alkanes of at least 4 members (excludes halogenated alkanes) is 4. The predicted octanol–water partition coefficient (Wildman–Crippen LogP) is 6.00. The average molecular weight is 459 g/mol. The summed E-state index contributed by atoms with van der Waals surface area (Å²) in [5.74, 6) is 3.08. The maximum atomic E-state index is 6.00. The largest absolute Gasteiger partial charge is 0.493 e. The van der Waals surface area contributed by atoms with Gasteiger partial charge in [-0.2, -0.15) is 0 Å². The summed E-state index contributed by atoms with van der Waals surface area (Å²) in [6.45, 7) is 7.69. The fourth-order valence-electron chi connectivity index (χ4n) is 3.38. The van der Waals surface area contributed by atoms with Crippen molar-refractivity contribution in [2.45, 2.75) is 52.5 Å². The highest BCUT2D eigenvalue weighted by molar-refractivity contribution is 5.55. The van der Waals surface area contributed by atoms with Crippen molar-refractivity contribution in [2.24, 2.45) is 0 Å². The maximum absolute atomic E-state index is 6.00. The molecule has 0 atom stereocenters. The molecule has 2 aromatic rings. The minimum atomic E-state index is 0.607. The van der Waals surface area contributed by atoms with Crippen LogP contribution in [0.2, 0.25) is 0 Å². The van der Waals surface area contributed by atoms with E-state index in [0.29, 0.717) is 19.8 Å². The van der Waals surface area contributed by atoms with Gasteiger partial charge in [-0.1, -0.05) is 38.7 Å². The first-order valence-electron chi connectivity index (χ1n) is 12.1. The van der Waals surface area contributed by atoms with E-state index in [0.717, 1.165) is 53.8 Å². The van der Waals surface area contributed by atoms with Crippen molar-refractivity contribution in [3.8, 4) is 23.0 Å². The molecule has 6 nitrogen and oxygen atoms in total. The topological polar surface area (TPSA) is 52.2 Å². The van der Waals surface area contributed by atoms with Gasteiger partial charge in [0.1, 0.15) is 6.61 Å². The van der Waals surface area contributed by atoms with Gasteiger partial charge in [-0.15, -0.1) is 0 Å². The van der Waals surface area contributed by atoms with Crippen LogP contribution in [0.25, 0.3) is 0 Å². The summed E-state index contributed by atoms with van der Waals surface area (Å²) in [5, 5.41) is 3.46. The first kappa shape index (κ1) is 26.7. The fraction of sp³-hybridized carbons (Fsp3) is 0.556. The van der Waals surface area contributed by atoms with E-state index in [4.69, 9.17) is 18.9 Å². The van der Waals surface area contributed by atoms with E-state index in [1.54, 1.807) is 7.11 Å². The van der Waals surface area contributed by atoms with Crippen LogP contribution in [-0.4, -0.2) is 52.5 Å². The average Bonchev–Trinajstić information content (AvgIpc) is 2.81. The number of hydrogen-bond acceptors (Lipinski definition) is 6. The minimum absolute atomic E-state index is 0.607. The fourth-order valence-corrected chi connectivity index (χ4v) is 3.38. The lowest BCUT2D eigenvalue weighted by atomic mass is 10.1. The van der Waals surface area contributed by atoms with Crippen molar-refractivity contribution >= 4 is 5.69 Å². The van der Waals surface area contributed by atoms with Gasteiger partial charge in [-0.3, -0.25) is 0 Å². The summed E-state index contributed by atoms with van der Waals surface area (Å²) in [6.07, 6.45) is 6.11. The number of likely N-dealkylation sites (N-methyl/N-ethyl adjacent to an activating group) is 1. The Kier molecular flexibility index (Phi) is 12.3. The van der Waals surface area contributed by atoms with Crippen LogP contribution >= 0.6 is 0 Å². The molecule has 0 unspecified atom stereocenters. The van der Waals surface area contributed by atoms with E-state index in [1.807, 2.05) is 45.3 Å². The summed E-state index contributed by atoms with van der Waals surface area (Å²) in [6, 6.07) is 12.1. The third kappa shape index (κ3) is 9.82. The lowest BCUT2D eigenvalue weighted by molar-refractivity contribution is 0.251. The van der Waals surface area contributed by atoms with E-state index >= 15 is 0 Å². The van der Waals surface area contributed by atoms with Crippen LogP contribution in [0, 0.1) is 0 Å². The van der Waals surface area contributed by atoms with E-state index in [2.05, 4.69) is 29.3 Å². The summed E-state index contributed by atoms with van der Waals surface area (Å²) in [5.41, 5.74) is 2.09. The Bertz CT molecular complexity index is 811. The van der Waals surface area contributed by atoms with E-state index in [-0.39, 0.29) is 0 Å². The van der Waals surface area contributed by atoms with Gasteiger partial charge in [-0.05, 0) is 57.3 Å². The molecule has 0 heterocycles. The number of rotatable bonds is 17. The maximum Gasteiger partial charge on any atom is 0.162 e. The number of anilines is 1. The van der Waals surface area contributed by atoms with Crippen molar-refractivity contribution in [2.75, 3.05) is 52.9 Å². The van der Waals surface area contributed by atoms with Crippen molar-refractivity contribution in [1.82, 2.24) is 4.90 Å². The van der Waals surface area contributed by atoms with Crippen LogP contribution in [-0.2, 0) is 6.54 Å². The van der Waals surface area contributed by atoms with Crippen LogP contribution in [0.15, 0.2) is 36.4 Å². The number of methoxy groups -OCH3 is 1. The Morgan fingerprint density at radius 1 is 0.758 bits per heavy atom. The quantitative estimate of drug-likeness (QED) is 0.294. The molecule has 184 valence electrons. The number of benzene rings is 2. The third-order valence-electron chi connectivity index (χ3n) is 5.27. The predicted molar refractivity (Wildman–Crippen MR) is 136 cm³/mol. The van der Waals surface area contributed by atoms with Gasteiger partial charge in [-0.25, -0.2) is 0 Å². The number of ether oxygens (including phenoxy) is 4. The SMILES string of the molecule is CCCCCCCOc1ccc(CNc2ccc(OCCN(C)C)c(OC)c2)cc1OCC. The second kappa shape index (κ2) is 15.3. The Hall–Kier alpha value is -2.60. The smallest absolute Gasteiger partial charge is 0.162 e. The normalized spacial score (nSPS) is 10.8. The Balaban J connectivity index is 1.93. The van der Waals surface area contributed by atoms with E-state index in [9.17, 15) is 0 Å². The minimum Gasteiger partial charge on any atom is -0.493 e. The number of hydrogen-bond donors (Lipinski definition) is 1. The van der Waals surface area contributed by atoms with Crippen molar-refractivity contribution in [3.63, 3.8) is 0 Å². The number of nitrogens with zero attached hydrogens (tertiary/aromatic N) is 1. The van der Waals surface area contributed by atoms with Gasteiger partial charge in [0, 0.05) is 24.8 Å². The summed E-state index contributed by atoms with van der Waals surface area (Å²) in [4.78, 5) is 2.09. The molecule has 0 aliphatic carbocycles. The van der Waals surface area contributed by atoms with E-state index in [1.165, 1.54) is 25.7 Å². The number of nitrogens with one attached hydrogen (secondary N) is 1. The highest BCUT2D eigenvalue weighted by Gasteiger charge is 2.09. The molecule has 0 aromatic heterocycles. The Labute approximate surface area is 200 Å². The lowest BCUT2D eigenvalue weighted by Crippen LogP contribution is -2.19. The molecule has 0 radical (unpaired) electrons. The summed E-state index contributed by atoms with van der Waals surface area (Å²) < 4.78 is 23.2. The molecule has 0 saturated carbocycles. The molecular weight excluding hydrogens is 416 g/mol. The molecule has 0 aliphatic heterocycles. The second-order valence-corrected chi connectivity index (χ2v) is 8.35. The summed E-state index contributed by atoms with van der Waals surface area (Å²) >= 11 is 0. The van der Waals surface area contributed by atoms with Gasteiger partial charge >= 0.3 is 0 Å². The zero-order valence-electron chi connectivity index (χ0n) is 21.1. The highest BCUT2D eigenvalue weighted by Crippen LogP contribution is 2.32. The molecule has 6 heteroatoms. The van der Waals surface area contributed by atoms with Crippen molar-refractivity contribution in [3.05, 3.63) is 42.0 Å². The first-order chi connectivity index (χ1) is 16.1. The van der Waals surface area contributed by atoms with Crippen molar-refractivity contribution in [1.29, 1.82) is 0 Å². The molecule has 2 aromatic carbocycles. The molecule has 1 N–H and O–H groups in total. The molecule has 0 spiro atoms. The lowest BCUT2D eigenvalue weighted by Gasteiger charge is -2.16.